The minimum absolute atomic E-state index is 0.0204. The molecule has 3 aliphatic rings. The quantitative estimate of drug-likeness (QED) is 0.318. The van der Waals surface area contributed by atoms with Gasteiger partial charge >= 0.3 is 0 Å². The molecule has 36 heavy (non-hydrogen) atoms. The molecule has 0 unspecified atom stereocenters. The molecule has 10 heteroatoms. The van der Waals surface area contributed by atoms with Gasteiger partial charge in [0.1, 0.15) is 11.3 Å². The number of rotatable bonds is 5. The molecule has 0 aliphatic carbocycles. The van der Waals surface area contributed by atoms with Crippen LogP contribution in [-0.2, 0) is 10.3 Å². The zero-order valence-corrected chi connectivity index (χ0v) is 20.1. The molecule has 182 valence electrons. The fraction of sp³-hybridized carbons (Fsp3) is 0.269. The maximum Gasteiger partial charge on any atom is 0.269 e. The number of benzene rings is 2. The van der Waals surface area contributed by atoms with E-state index in [2.05, 4.69) is 15.2 Å². The highest BCUT2D eigenvalue weighted by Crippen LogP contribution is 2.61. The lowest BCUT2D eigenvalue weighted by molar-refractivity contribution is -0.384. The summed E-state index contributed by atoms with van der Waals surface area (Å²) in [5.74, 6) is 0.335. The lowest BCUT2D eigenvalue weighted by atomic mass is 9.69. The third-order valence-electron chi connectivity index (χ3n) is 7.55. The molecular formula is C26H22N4O5S. The molecule has 4 heterocycles. The number of ether oxygens (including phenoxy) is 1. The lowest BCUT2D eigenvalue weighted by Gasteiger charge is -2.36. The fourth-order valence-corrected chi connectivity index (χ4v) is 7.39. The summed E-state index contributed by atoms with van der Waals surface area (Å²) in [6, 6.07) is 15.1. The number of carbonyl (C=O) groups excluding carboxylic acids is 2. The largest absolute Gasteiger partial charge is 0.497 e. The van der Waals surface area contributed by atoms with Gasteiger partial charge in [-0.1, -0.05) is 12.1 Å². The zero-order chi connectivity index (χ0) is 25.0. The molecule has 0 radical (unpaired) electrons. The van der Waals surface area contributed by atoms with Gasteiger partial charge in [-0.3, -0.25) is 29.6 Å². The summed E-state index contributed by atoms with van der Waals surface area (Å²) in [4.78, 5) is 45.5. The third-order valence-corrected chi connectivity index (χ3v) is 8.58. The van der Waals surface area contributed by atoms with Gasteiger partial charge in [0.15, 0.2) is 5.78 Å². The second-order valence-corrected chi connectivity index (χ2v) is 10.1. The molecule has 2 aromatic carbocycles. The van der Waals surface area contributed by atoms with Gasteiger partial charge in [-0.15, -0.1) is 11.8 Å². The predicted octanol–water partition coefficient (Wildman–Crippen LogP) is 3.82. The van der Waals surface area contributed by atoms with Crippen LogP contribution >= 0.6 is 11.8 Å². The number of methoxy groups -OCH3 is 1. The number of carbonyl (C=O) groups is 2. The Morgan fingerprint density at radius 2 is 2.06 bits per heavy atom. The minimum Gasteiger partial charge on any atom is -0.497 e. The molecule has 1 spiro atoms. The maximum absolute atomic E-state index is 14.3. The number of thioether (sulfide) groups is 1. The van der Waals surface area contributed by atoms with Crippen molar-refractivity contribution in [2.75, 3.05) is 24.1 Å². The molecule has 4 atom stereocenters. The number of hydrogen-bond acceptors (Lipinski definition) is 8. The first-order chi connectivity index (χ1) is 17.5. The number of anilines is 1. The highest BCUT2D eigenvalue weighted by molar-refractivity contribution is 7.99. The average Bonchev–Trinajstić information content (AvgIpc) is 3.57. The third kappa shape index (κ3) is 3.11. The van der Waals surface area contributed by atoms with Crippen LogP contribution in [0.3, 0.4) is 0 Å². The average molecular weight is 503 g/mol. The van der Waals surface area contributed by atoms with Crippen molar-refractivity contribution in [1.29, 1.82) is 0 Å². The van der Waals surface area contributed by atoms with E-state index in [0.717, 1.165) is 11.3 Å². The SMILES string of the molecule is COc1ccc2c(c1)[C@]1(C(=O)N2)[C@H](C(=O)c2cccnc2)[C@@H](c2ccc([N+](=O)[O-])cc2)[C@H]2CSCN21. The van der Waals surface area contributed by atoms with E-state index in [1.165, 1.54) is 18.3 Å². The second-order valence-electron chi connectivity index (χ2n) is 9.13. The topological polar surface area (TPSA) is 115 Å². The van der Waals surface area contributed by atoms with E-state index in [4.69, 9.17) is 4.74 Å². The summed E-state index contributed by atoms with van der Waals surface area (Å²) in [5, 5.41) is 14.3. The number of non-ortho nitro benzene ring substituents is 1. The first kappa shape index (κ1) is 22.7. The van der Waals surface area contributed by atoms with Gasteiger partial charge in [-0.2, -0.15) is 0 Å². The first-order valence-electron chi connectivity index (χ1n) is 11.5. The van der Waals surface area contributed by atoms with Crippen molar-refractivity contribution in [3.05, 3.63) is 93.8 Å². The number of nitrogens with one attached hydrogen (secondary N) is 1. The van der Waals surface area contributed by atoms with Gasteiger partial charge in [0.2, 0.25) is 5.91 Å². The van der Waals surface area contributed by atoms with E-state index < -0.39 is 16.4 Å². The Hall–Kier alpha value is -3.76. The van der Waals surface area contributed by atoms with Crippen LogP contribution < -0.4 is 10.1 Å². The summed E-state index contributed by atoms with van der Waals surface area (Å²) < 4.78 is 5.49. The minimum atomic E-state index is -1.25. The van der Waals surface area contributed by atoms with Crippen molar-refractivity contribution in [1.82, 2.24) is 9.88 Å². The number of ketones is 1. The van der Waals surface area contributed by atoms with Crippen LogP contribution in [0.5, 0.6) is 5.75 Å². The molecule has 0 bridgehead atoms. The highest BCUT2D eigenvalue weighted by atomic mass is 32.2. The van der Waals surface area contributed by atoms with E-state index in [0.29, 0.717) is 28.4 Å². The van der Waals surface area contributed by atoms with E-state index in [-0.39, 0.29) is 29.3 Å². The van der Waals surface area contributed by atoms with Gasteiger partial charge in [0.05, 0.1) is 18.0 Å². The molecule has 3 aromatic rings. The number of aromatic nitrogens is 1. The predicted molar refractivity (Wildman–Crippen MR) is 134 cm³/mol. The van der Waals surface area contributed by atoms with Gasteiger partial charge in [-0.05, 0) is 35.9 Å². The summed E-state index contributed by atoms with van der Waals surface area (Å²) in [6.07, 6.45) is 3.13. The smallest absolute Gasteiger partial charge is 0.269 e. The molecule has 0 saturated carbocycles. The van der Waals surface area contributed by atoms with Gasteiger partial charge in [0.25, 0.3) is 5.69 Å². The molecule has 1 N–H and O–H groups in total. The number of hydrogen-bond donors (Lipinski definition) is 1. The Labute approximate surface area is 211 Å². The number of Topliss-reactive ketones (excluding diaryl/α,β-unsaturated/α-hetero) is 1. The second kappa shape index (κ2) is 8.42. The van der Waals surface area contributed by atoms with Crippen molar-refractivity contribution in [3.8, 4) is 5.75 Å². The highest BCUT2D eigenvalue weighted by Gasteiger charge is 2.69. The molecule has 2 fully saturated rings. The van der Waals surface area contributed by atoms with Crippen LogP contribution in [0, 0.1) is 16.0 Å². The van der Waals surface area contributed by atoms with Crippen molar-refractivity contribution in [2.24, 2.45) is 5.92 Å². The summed E-state index contributed by atoms with van der Waals surface area (Å²) in [5.41, 5.74) is 1.31. The first-order valence-corrected chi connectivity index (χ1v) is 12.7. The molecule has 1 aromatic heterocycles. The number of fused-ring (bicyclic) bond motifs is 4. The monoisotopic (exact) mass is 502 g/mol. The Morgan fingerprint density at radius 1 is 1.25 bits per heavy atom. The summed E-state index contributed by atoms with van der Waals surface area (Å²) in [6.45, 7) is 0. The Kier molecular flexibility index (Phi) is 5.31. The number of nitro groups is 1. The lowest BCUT2D eigenvalue weighted by Crippen LogP contribution is -2.52. The molecule has 1 amide bonds. The number of nitro benzene ring substituents is 1. The molecule has 9 nitrogen and oxygen atoms in total. The van der Waals surface area contributed by atoms with E-state index in [9.17, 15) is 19.7 Å². The Balaban J connectivity index is 1.60. The van der Waals surface area contributed by atoms with Gasteiger partial charge in [-0.25, -0.2) is 0 Å². The van der Waals surface area contributed by atoms with Crippen molar-refractivity contribution in [3.63, 3.8) is 0 Å². The van der Waals surface area contributed by atoms with E-state index in [1.807, 2.05) is 12.1 Å². The van der Waals surface area contributed by atoms with Crippen LogP contribution in [0.15, 0.2) is 67.0 Å². The number of pyridine rings is 1. The van der Waals surface area contributed by atoms with Crippen LogP contribution in [0.1, 0.15) is 27.4 Å². The fourth-order valence-electron chi connectivity index (χ4n) is 6.06. The molecule has 6 rings (SSSR count). The van der Waals surface area contributed by atoms with Crippen molar-refractivity contribution in [2.45, 2.75) is 17.5 Å². The van der Waals surface area contributed by atoms with Gasteiger partial charge in [0, 0.05) is 64.9 Å². The van der Waals surface area contributed by atoms with E-state index >= 15 is 0 Å². The molecule has 3 aliphatic heterocycles. The van der Waals surface area contributed by atoms with Crippen LogP contribution in [0.4, 0.5) is 11.4 Å². The maximum atomic E-state index is 14.3. The molecule has 2 saturated heterocycles. The van der Waals surface area contributed by atoms with Crippen LogP contribution in [-0.4, -0.2) is 51.3 Å². The van der Waals surface area contributed by atoms with Crippen LogP contribution in [0.2, 0.25) is 0 Å². The normalized spacial score (nSPS) is 26.5. The zero-order valence-electron chi connectivity index (χ0n) is 19.3. The summed E-state index contributed by atoms with van der Waals surface area (Å²) >= 11 is 1.71. The standard InChI is InChI=1S/C26H22N4O5S/c1-35-18-8-9-20-19(11-18)26(25(32)28-20)23(24(31)16-3-2-10-27-12-16)22(21-13-36-14-29(21)26)15-4-6-17(7-5-15)30(33)34/h2-12,21-23H,13-14H2,1H3,(H,28,32)/t21-,22+,23+,26-/m1/s1. The Bertz CT molecular complexity index is 1380. The van der Waals surface area contributed by atoms with Crippen molar-refractivity contribution < 1.29 is 19.2 Å². The van der Waals surface area contributed by atoms with Crippen LogP contribution in [0.25, 0.3) is 0 Å². The van der Waals surface area contributed by atoms with Gasteiger partial charge < -0.3 is 10.1 Å². The number of nitrogens with zero attached hydrogens (tertiary/aromatic N) is 3. The van der Waals surface area contributed by atoms with Crippen molar-refractivity contribution >= 4 is 34.8 Å². The summed E-state index contributed by atoms with van der Waals surface area (Å²) in [7, 11) is 1.57. The number of amides is 1. The Morgan fingerprint density at radius 3 is 2.75 bits per heavy atom. The molecular weight excluding hydrogens is 480 g/mol. The van der Waals surface area contributed by atoms with E-state index in [1.54, 1.807) is 55.4 Å².